The van der Waals surface area contributed by atoms with E-state index in [-0.39, 0.29) is 0 Å². The van der Waals surface area contributed by atoms with Crippen LogP contribution in [-0.2, 0) is 13.6 Å². The van der Waals surface area contributed by atoms with Gasteiger partial charge in [-0.25, -0.2) is 4.57 Å². The van der Waals surface area contributed by atoms with Crippen LogP contribution in [0.15, 0.2) is 0 Å². The molecule has 1 heterocycles. The molecule has 1 aliphatic rings. The molecule has 5 nitrogen and oxygen atoms in total. The van der Waals surface area contributed by atoms with E-state index in [1.165, 1.54) is 6.42 Å². The van der Waals surface area contributed by atoms with E-state index in [2.05, 4.69) is 5.09 Å². The molecular weight excluding hydrogens is 259 g/mol. The van der Waals surface area contributed by atoms with Crippen molar-refractivity contribution in [3.63, 3.8) is 0 Å². The summed E-state index contributed by atoms with van der Waals surface area (Å²) in [5.74, 6) is 0. The maximum absolute atomic E-state index is 12.2. The van der Waals surface area contributed by atoms with Gasteiger partial charge in [0.15, 0.2) is 5.11 Å². The molecule has 0 aromatic heterocycles. The van der Waals surface area contributed by atoms with E-state index in [9.17, 15) is 4.57 Å². The molecule has 0 spiro atoms. The lowest BCUT2D eigenvalue weighted by atomic mass is 10.1. The molecule has 17 heavy (non-hydrogen) atoms. The predicted octanol–water partition coefficient (Wildman–Crippen LogP) is 2.53. The van der Waals surface area contributed by atoms with Gasteiger partial charge in [-0.05, 0) is 45.3 Å². The van der Waals surface area contributed by atoms with Crippen LogP contribution >= 0.6 is 20.0 Å². The normalized spacial score (nSPS) is 16.9. The van der Waals surface area contributed by atoms with Crippen LogP contribution in [0.4, 0.5) is 0 Å². The van der Waals surface area contributed by atoms with Crippen molar-refractivity contribution in [1.29, 1.82) is 0 Å². The molecule has 0 bridgehead atoms. The fraction of sp³-hybridized carbons (Fsp3) is 0.900. The van der Waals surface area contributed by atoms with Crippen molar-refractivity contribution in [2.45, 2.75) is 33.1 Å². The minimum atomic E-state index is -3.27. The lowest BCUT2D eigenvalue weighted by Gasteiger charge is -2.30. The largest absolute Gasteiger partial charge is 0.434 e. The van der Waals surface area contributed by atoms with Crippen molar-refractivity contribution in [1.82, 2.24) is 9.99 Å². The minimum Gasteiger partial charge on any atom is -0.349 e. The Morgan fingerprint density at radius 1 is 1.24 bits per heavy atom. The highest BCUT2D eigenvalue weighted by atomic mass is 32.1. The van der Waals surface area contributed by atoms with Crippen LogP contribution in [0.25, 0.3) is 0 Å². The Kier molecular flexibility index (Phi) is 6.41. The maximum Gasteiger partial charge on any atom is 0.434 e. The lowest BCUT2D eigenvalue weighted by molar-refractivity contribution is 0.214. The molecule has 1 N–H and O–H groups in total. The van der Waals surface area contributed by atoms with E-state index < -0.39 is 7.75 Å². The average Bonchev–Trinajstić information content (AvgIpc) is 2.30. The molecule has 0 amide bonds. The number of likely N-dealkylation sites (tertiary alicyclic amines) is 1. The first-order chi connectivity index (χ1) is 8.11. The molecule has 0 radical (unpaired) electrons. The average molecular weight is 280 g/mol. The lowest BCUT2D eigenvalue weighted by Crippen LogP contribution is -2.41. The number of rotatable bonds is 5. The summed E-state index contributed by atoms with van der Waals surface area (Å²) in [6, 6.07) is 0. The van der Waals surface area contributed by atoms with Crippen LogP contribution in [-0.4, -0.2) is 36.3 Å². The Labute approximate surface area is 108 Å². The fourth-order valence-corrected chi connectivity index (χ4v) is 3.50. The minimum absolute atomic E-state index is 0.326. The SMILES string of the molecule is CCOP(=O)(NC(=S)N1CCCCC1)OCC. The summed E-state index contributed by atoms with van der Waals surface area (Å²) < 4.78 is 22.5. The van der Waals surface area contributed by atoms with Gasteiger partial charge in [-0.3, -0.25) is 14.1 Å². The van der Waals surface area contributed by atoms with Gasteiger partial charge < -0.3 is 4.90 Å². The van der Waals surface area contributed by atoms with Crippen molar-refractivity contribution in [3.05, 3.63) is 0 Å². The summed E-state index contributed by atoms with van der Waals surface area (Å²) >= 11 is 5.23. The van der Waals surface area contributed by atoms with E-state index in [0.717, 1.165) is 25.9 Å². The first-order valence-corrected chi connectivity index (χ1v) is 8.02. The monoisotopic (exact) mass is 280 g/mol. The topological polar surface area (TPSA) is 50.8 Å². The summed E-state index contributed by atoms with van der Waals surface area (Å²) in [6.07, 6.45) is 3.47. The zero-order valence-electron chi connectivity index (χ0n) is 10.5. The number of hydrogen-bond acceptors (Lipinski definition) is 4. The van der Waals surface area contributed by atoms with E-state index in [1.54, 1.807) is 13.8 Å². The van der Waals surface area contributed by atoms with E-state index in [0.29, 0.717) is 18.3 Å². The third-order valence-corrected chi connectivity index (χ3v) is 4.67. The number of piperidine rings is 1. The second-order valence-corrected chi connectivity index (χ2v) is 5.92. The molecular formula is C10H21N2O3PS. The molecule has 0 aliphatic carbocycles. The van der Waals surface area contributed by atoms with Gasteiger partial charge in [-0.1, -0.05) is 0 Å². The summed E-state index contributed by atoms with van der Waals surface area (Å²) in [7, 11) is -3.27. The van der Waals surface area contributed by atoms with E-state index in [1.807, 2.05) is 4.90 Å². The van der Waals surface area contributed by atoms with Crippen LogP contribution < -0.4 is 5.09 Å². The second kappa shape index (κ2) is 7.31. The molecule has 100 valence electrons. The van der Waals surface area contributed by atoms with Gasteiger partial charge in [0.05, 0.1) is 13.2 Å². The molecule has 7 heteroatoms. The Morgan fingerprint density at radius 2 is 1.76 bits per heavy atom. The van der Waals surface area contributed by atoms with Gasteiger partial charge >= 0.3 is 7.75 Å². The number of thiocarbonyl (C=S) groups is 1. The standard InChI is InChI=1S/C10H21N2O3PS/c1-3-14-16(13,15-4-2)11-10(17)12-8-6-5-7-9-12/h3-9H2,1-2H3,(H,11,13,17). The third-order valence-electron chi connectivity index (χ3n) is 2.47. The van der Waals surface area contributed by atoms with Gasteiger partial charge in [-0.2, -0.15) is 0 Å². The Balaban J connectivity index is 2.53. The molecule has 1 fully saturated rings. The van der Waals surface area contributed by atoms with Crippen molar-refractivity contribution < 1.29 is 13.6 Å². The van der Waals surface area contributed by atoms with Gasteiger partial charge in [0.1, 0.15) is 0 Å². The number of nitrogens with zero attached hydrogens (tertiary/aromatic N) is 1. The van der Waals surface area contributed by atoms with Gasteiger partial charge in [0.25, 0.3) is 0 Å². The van der Waals surface area contributed by atoms with Crippen molar-refractivity contribution in [2.24, 2.45) is 0 Å². The maximum atomic E-state index is 12.2. The van der Waals surface area contributed by atoms with Crippen LogP contribution in [0.1, 0.15) is 33.1 Å². The Hall–Kier alpha value is -0.160. The molecule has 1 aliphatic heterocycles. The summed E-state index contributed by atoms with van der Waals surface area (Å²) in [5, 5.41) is 3.20. The third kappa shape index (κ3) is 4.92. The van der Waals surface area contributed by atoms with Crippen LogP contribution in [0, 0.1) is 0 Å². The highest BCUT2D eigenvalue weighted by Gasteiger charge is 2.27. The van der Waals surface area contributed by atoms with Crippen LogP contribution in [0.2, 0.25) is 0 Å². The van der Waals surface area contributed by atoms with Gasteiger partial charge in [0, 0.05) is 13.1 Å². The first kappa shape index (κ1) is 14.9. The number of hydrogen-bond donors (Lipinski definition) is 1. The molecule has 0 aromatic carbocycles. The summed E-state index contributed by atoms with van der Waals surface area (Å²) in [4.78, 5) is 2.02. The molecule has 0 atom stereocenters. The van der Waals surface area contributed by atoms with Crippen LogP contribution in [0.5, 0.6) is 0 Å². The molecule has 1 rings (SSSR count). The Bertz CT molecular complexity index is 285. The highest BCUT2D eigenvalue weighted by molar-refractivity contribution is 7.81. The molecule has 0 saturated carbocycles. The zero-order valence-corrected chi connectivity index (χ0v) is 12.2. The van der Waals surface area contributed by atoms with Crippen LogP contribution in [0.3, 0.4) is 0 Å². The summed E-state index contributed by atoms with van der Waals surface area (Å²) in [6.45, 7) is 6.02. The van der Waals surface area contributed by atoms with Crippen molar-refractivity contribution in [2.75, 3.05) is 26.3 Å². The molecule has 1 saturated heterocycles. The fourth-order valence-electron chi connectivity index (χ4n) is 1.73. The smallest absolute Gasteiger partial charge is 0.349 e. The Morgan fingerprint density at radius 3 is 2.24 bits per heavy atom. The van der Waals surface area contributed by atoms with Crippen molar-refractivity contribution >= 4 is 25.1 Å². The predicted molar refractivity (Wildman–Crippen MR) is 72.0 cm³/mol. The second-order valence-electron chi connectivity index (χ2n) is 3.80. The zero-order chi connectivity index (χ0) is 12.7. The quantitative estimate of drug-likeness (QED) is 0.617. The molecule has 0 unspecified atom stereocenters. The molecule has 0 aromatic rings. The van der Waals surface area contributed by atoms with Gasteiger partial charge in [0.2, 0.25) is 0 Å². The first-order valence-electron chi connectivity index (χ1n) is 6.07. The van der Waals surface area contributed by atoms with E-state index in [4.69, 9.17) is 21.3 Å². The van der Waals surface area contributed by atoms with Gasteiger partial charge in [-0.15, -0.1) is 0 Å². The summed E-state index contributed by atoms with van der Waals surface area (Å²) in [5.41, 5.74) is 0. The van der Waals surface area contributed by atoms with E-state index >= 15 is 0 Å². The highest BCUT2D eigenvalue weighted by Crippen LogP contribution is 2.43. The number of nitrogens with one attached hydrogen (secondary N) is 1. The van der Waals surface area contributed by atoms with Crippen molar-refractivity contribution in [3.8, 4) is 0 Å².